The van der Waals surface area contributed by atoms with Crippen molar-refractivity contribution in [3.63, 3.8) is 0 Å². The monoisotopic (exact) mass is 330 g/mol. The van der Waals surface area contributed by atoms with E-state index in [4.69, 9.17) is 0 Å². The van der Waals surface area contributed by atoms with Crippen LogP contribution in [-0.2, 0) is 0 Å². The maximum Gasteiger partial charge on any atom is 0.335 e. The highest BCUT2D eigenvalue weighted by atomic mass is 16.4. The second kappa shape index (κ2) is 6.66. The van der Waals surface area contributed by atoms with Crippen molar-refractivity contribution in [3.05, 3.63) is 82.2 Å². The second-order valence-electron chi connectivity index (χ2n) is 5.86. The molecular weight excluding hydrogens is 312 g/mol. The average molecular weight is 330 g/mol. The molecule has 4 heteroatoms. The zero-order chi connectivity index (χ0) is 18.0. The van der Waals surface area contributed by atoms with Gasteiger partial charge in [-0.05, 0) is 56.7 Å². The van der Waals surface area contributed by atoms with E-state index in [0.29, 0.717) is 5.56 Å². The van der Waals surface area contributed by atoms with Crippen molar-refractivity contribution >= 4 is 5.97 Å². The van der Waals surface area contributed by atoms with E-state index < -0.39 is 5.97 Å². The van der Waals surface area contributed by atoms with E-state index in [1.165, 1.54) is 0 Å². The minimum Gasteiger partial charge on any atom is -0.478 e. The van der Waals surface area contributed by atoms with Crippen LogP contribution in [-0.4, -0.2) is 20.9 Å². The van der Waals surface area contributed by atoms with Crippen LogP contribution in [0, 0.1) is 32.6 Å². The van der Waals surface area contributed by atoms with Crippen molar-refractivity contribution in [2.45, 2.75) is 20.8 Å². The Morgan fingerprint density at radius 1 is 1.04 bits per heavy atom. The standard InChI is InChI=1S/C21H18N2O2/c1-14-15(2)22-23(16(14)3)20-12-11-19(21(24)25)13-18(20)10-9-17-7-5-4-6-8-17/h4-8,11-13H,1-3H3,(H,24,25). The normalized spacial score (nSPS) is 10.2. The van der Waals surface area contributed by atoms with E-state index in [1.54, 1.807) is 18.2 Å². The Balaban J connectivity index is 2.17. The maximum atomic E-state index is 11.3. The lowest BCUT2D eigenvalue weighted by Crippen LogP contribution is -2.05. The van der Waals surface area contributed by atoms with Crippen molar-refractivity contribution in [1.29, 1.82) is 0 Å². The number of carbonyl (C=O) groups is 1. The number of benzene rings is 2. The number of hydrogen-bond donors (Lipinski definition) is 1. The van der Waals surface area contributed by atoms with Gasteiger partial charge >= 0.3 is 5.97 Å². The van der Waals surface area contributed by atoms with Crippen molar-refractivity contribution < 1.29 is 9.90 Å². The summed E-state index contributed by atoms with van der Waals surface area (Å²) in [5.41, 5.74) is 5.57. The molecule has 0 aliphatic heterocycles. The number of carboxylic acids is 1. The van der Waals surface area contributed by atoms with Gasteiger partial charge in [0.15, 0.2) is 0 Å². The number of aromatic carboxylic acids is 1. The number of nitrogens with zero attached hydrogens (tertiary/aromatic N) is 2. The largest absolute Gasteiger partial charge is 0.478 e. The summed E-state index contributed by atoms with van der Waals surface area (Å²) >= 11 is 0. The summed E-state index contributed by atoms with van der Waals surface area (Å²) in [6, 6.07) is 14.5. The lowest BCUT2D eigenvalue weighted by Gasteiger charge is -2.08. The molecule has 3 rings (SSSR count). The SMILES string of the molecule is Cc1nn(-c2ccc(C(=O)O)cc2C#Cc2ccccc2)c(C)c1C. The third-order valence-electron chi connectivity index (χ3n) is 4.24. The lowest BCUT2D eigenvalue weighted by atomic mass is 10.1. The molecular formula is C21H18N2O2. The Kier molecular flexibility index (Phi) is 4.40. The quantitative estimate of drug-likeness (QED) is 0.725. The second-order valence-corrected chi connectivity index (χ2v) is 5.86. The fourth-order valence-corrected chi connectivity index (χ4v) is 2.57. The molecule has 0 saturated carbocycles. The fraction of sp³-hybridized carbons (Fsp3) is 0.143. The Morgan fingerprint density at radius 3 is 2.36 bits per heavy atom. The van der Waals surface area contributed by atoms with E-state index in [2.05, 4.69) is 16.9 Å². The Labute approximate surface area is 146 Å². The van der Waals surface area contributed by atoms with E-state index >= 15 is 0 Å². The highest BCUT2D eigenvalue weighted by molar-refractivity contribution is 5.88. The molecule has 0 aliphatic rings. The molecule has 0 bridgehead atoms. The van der Waals surface area contributed by atoms with Crippen LogP contribution in [0.3, 0.4) is 0 Å². The van der Waals surface area contributed by atoms with Crippen LogP contribution in [0.4, 0.5) is 0 Å². The van der Waals surface area contributed by atoms with Gasteiger partial charge in [-0.25, -0.2) is 9.48 Å². The van der Waals surface area contributed by atoms with Crippen molar-refractivity contribution in [1.82, 2.24) is 9.78 Å². The summed E-state index contributed by atoms with van der Waals surface area (Å²) in [6.45, 7) is 5.98. The molecule has 25 heavy (non-hydrogen) atoms. The van der Waals surface area contributed by atoms with E-state index in [9.17, 15) is 9.90 Å². The molecule has 2 aromatic carbocycles. The number of aryl methyl sites for hydroxylation is 1. The van der Waals surface area contributed by atoms with E-state index in [1.807, 2.05) is 55.8 Å². The van der Waals surface area contributed by atoms with Gasteiger partial charge in [-0.2, -0.15) is 5.10 Å². The van der Waals surface area contributed by atoms with E-state index in [0.717, 1.165) is 28.2 Å². The van der Waals surface area contributed by atoms with Gasteiger partial charge in [-0.1, -0.05) is 30.0 Å². The van der Waals surface area contributed by atoms with Crippen LogP contribution >= 0.6 is 0 Å². The van der Waals surface area contributed by atoms with Crippen LogP contribution in [0.15, 0.2) is 48.5 Å². The first-order valence-corrected chi connectivity index (χ1v) is 7.95. The molecule has 0 atom stereocenters. The van der Waals surface area contributed by atoms with Crippen molar-refractivity contribution in [2.75, 3.05) is 0 Å². The molecule has 0 radical (unpaired) electrons. The van der Waals surface area contributed by atoms with Gasteiger partial charge in [-0.3, -0.25) is 0 Å². The summed E-state index contributed by atoms with van der Waals surface area (Å²) in [5, 5.41) is 13.9. The van der Waals surface area contributed by atoms with Crippen LogP contribution in [0.2, 0.25) is 0 Å². The molecule has 1 aromatic heterocycles. The molecule has 0 fully saturated rings. The van der Waals surface area contributed by atoms with Crippen LogP contribution in [0.25, 0.3) is 5.69 Å². The molecule has 0 amide bonds. The third kappa shape index (κ3) is 3.31. The van der Waals surface area contributed by atoms with Gasteiger partial charge in [0, 0.05) is 11.3 Å². The number of carboxylic acid groups (broad SMARTS) is 1. The average Bonchev–Trinajstić information content (AvgIpc) is 2.88. The molecule has 0 unspecified atom stereocenters. The molecule has 3 aromatic rings. The molecule has 0 aliphatic carbocycles. The number of hydrogen-bond acceptors (Lipinski definition) is 2. The van der Waals surface area contributed by atoms with Crippen molar-refractivity contribution in [3.8, 4) is 17.5 Å². The Hall–Kier alpha value is -3.32. The highest BCUT2D eigenvalue weighted by Gasteiger charge is 2.14. The first-order chi connectivity index (χ1) is 12.0. The first kappa shape index (κ1) is 16.5. The number of aromatic nitrogens is 2. The molecule has 1 N–H and O–H groups in total. The smallest absolute Gasteiger partial charge is 0.335 e. The summed E-state index contributed by atoms with van der Waals surface area (Å²) < 4.78 is 1.82. The molecule has 1 heterocycles. The van der Waals surface area contributed by atoms with Crippen LogP contribution in [0.1, 0.15) is 38.4 Å². The summed E-state index contributed by atoms with van der Waals surface area (Å²) in [4.78, 5) is 11.3. The summed E-state index contributed by atoms with van der Waals surface area (Å²) in [6.07, 6.45) is 0. The molecule has 0 spiro atoms. The van der Waals surface area contributed by atoms with Gasteiger partial charge in [0.25, 0.3) is 0 Å². The van der Waals surface area contributed by atoms with Gasteiger partial charge in [-0.15, -0.1) is 0 Å². The van der Waals surface area contributed by atoms with Gasteiger partial charge in [0.1, 0.15) is 0 Å². The predicted octanol–water partition coefficient (Wildman–Crippen LogP) is 3.90. The highest BCUT2D eigenvalue weighted by Crippen LogP contribution is 2.21. The van der Waals surface area contributed by atoms with E-state index in [-0.39, 0.29) is 5.56 Å². The maximum absolute atomic E-state index is 11.3. The van der Waals surface area contributed by atoms with Crippen molar-refractivity contribution in [2.24, 2.45) is 0 Å². The van der Waals surface area contributed by atoms with Gasteiger partial charge < -0.3 is 5.11 Å². The van der Waals surface area contributed by atoms with Gasteiger partial charge in [0.05, 0.1) is 22.5 Å². The Morgan fingerprint density at radius 2 is 1.76 bits per heavy atom. The van der Waals surface area contributed by atoms with Gasteiger partial charge in [0.2, 0.25) is 0 Å². The summed E-state index contributed by atoms with van der Waals surface area (Å²) in [7, 11) is 0. The van der Waals surface area contributed by atoms with Crippen LogP contribution < -0.4 is 0 Å². The minimum absolute atomic E-state index is 0.208. The number of rotatable bonds is 2. The molecule has 4 nitrogen and oxygen atoms in total. The molecule has 0 saturated heterocycles. The fourth-order valence-electron chi connectivity index (χ4n) is 2.57. The Bertz CT molecular complexity index is 1010. The van der Waals surface area contributed by atoms with Crippen LogP contribution in [0.5, 0.6) is 0 Å². The lowest BCUT2D eigenvalue weighted by molar-refractivity contribution is 0.0697. The summed E-state index contributed by atoms with van der Waals surface area (Å²) in [5.74, 6) is 5.23. The zero-order valence-electron chi connectivity index (χ0n) is 14.4. The topological polar surface area (TPSA) is 55.1 Å². The first-order valence-electron chi connectivity index (χ1n) is 7.95. The predicted molar refractivity (Wildman–Crippen MR) is 97.2 cm³/mol. The molecule has 124 valence electrons. The zero-order valence-corrected chi connectivity index (χ0v) is 14.4. The third-order valence-corrected chi connectivity index (χ3v) is 4.24. The minimum atomic E-state index is -0.973.